The van der Waals surface area contributed by atoms with Gasteiger partial charge in [-0.1, -0.05) is 40.0 Å². The fourth-order valence-corrected chi connectivity index (χ4v) is 4.24. The second-order valence-electron chi connectivity index (χ2n) is 7.82. The Morgan fingerprint density at radius 3 is 2.37 bits per heavy atom. The molecule has 0 amide bonds. The van der Waals surface area contributed by atoms with Gasteiger partial charge in [-0.3, -0.25) is 0 Å². The Hall–Kier alpha value is -0.0800. The van der Waals surface area contributed by atoms with Gasteiger partial charge in [-0.2, -0.15) is 0 Å². The number of piperidine rings is 1. The van der Waals surface area contributed by atoms with E-state index >= 15 is 0 Å². The third kappa shape index (κ3) is 4.46. The van der Waals surface area contributed by atoms with Crippen molar-refractivity contribution in [2.75, 3.05) is 32.7 Å². The molecule has 112 valence electrons. The Morgan fingerprint density at radius 1 is 1.00 bits per heavy atom. The van der Waals surface area contributed by atoms with Crippen molar-refractivity contribution in [2.24, 2.45) is 10.8 Å². The lowest BCUT2D eigenvalue weighted by molar-refractivity contribution is 0.0491. The van der Waals surface area contributed by atoms with Crippen molar-refractivity contribution < 1.29 is 0 Å². The second kappa shape index (κ2) is 6.58. The zero-order valence-electron chi connectivity index (χ0n) is 13.4. The van der Waals surface area contributed by atoms with Crippen LogP contribution in [-0.2, 0) is 0 Å². The van der Waals surface area contributed by atoms with Gasteiger partial charge in [-0.05, 0) is 49.6 Å². The van der Waals surface area contributed by atoms with Crippen LogP contribution in [0.4, 0.5) is 0 Å². The summed E-state index contributed by atoms with van der Waals surface area (Å²) in [5.41, 5.74) is 1.11. The molecule has 1 saturated heterocycles. The van der Waals surface area contributed by atoms with Gasteiger partial charge in [-0.25, -0.2) is 0 Å². The molecule has 1 aliphatic carbocycles. The van der Waals surface area contributed by atoms with Crippen LogP contribution in [-0.4, -0.2) is 37.6 Å². The minimum absolute atomic E-state index is 0.534. The lowest BCUT2D eigenvalue weighted by Crippen LogP contribution is -2.49. The molecule has 0 aromatic rings. The molecular formula is C17H34N2. The molecule has 1 saturated carbocycles. The van der Waals surface area contributed by atoms with Crippen LogP contribution in [0.2, 0.25) is 0 Å². The first-order valence-electron chi connectivity index (χ1n) is 8.48. The summed E-state index contributed by atoms with van der Waals surface area (Å²) >= 11 is 0. The average Bonchev–Trinajstić information content (AvgIpc) is 2.36. The van der Waals surface area contributed by atoms with Gasteiger partial charge < -0.3 is 10.2 Å². The summed E-state index contributed by atoms with van der Waals surface area (Å²) in [5, 5.41) is 3.64. The normalized spacial score (nSPS) is 27.3. The molecule has 2 heteroatoms. The summed E-state index contributed by atoms with van der Waals surface area (Å²) in [6, 6.07) is 0. The van der Waals surface area contributed by atoms with Gasteiger partial charge in [0.05, 0.1) is 0 Å². The van der Waals surface area contributed by atoms with E-state index in [1.54, 1.807) is 0 Å². The lowest BCUT2D eigenvalue weighted by Gasteiger charge is -2.45. The number of nitrogens with zero attached hydrogens (tertiary/aromatic N) is 1. The predicted molar refractivity (Wildman–Crippen MR) is 83.5 cm³/mol. The molecule has 1 N–H and O–H groups in total. The van der Waals surface area contributed by atoms with E-state index in [9.17, 15) is 0 Å². The summed E-state index contributed by atoms with van der Waals surface area (Å²) in [6.45, 7) is 13.4. The molecule has 19 heavy (non-hydrogen) atoms. The molecule has 0 atom stereocenters. The van der Waals surface area contributed by atoms with E-state index in [0.29, 0.717) is 10.8 Å². The van der Waals surface area contributed by atoms with Crippen LogP contribution in [0.15, 0.2) is 0 Å². The molecule has 1 heterocycles. The molecular weight excluding hydrogens is 232 g/mol. The topological polar surface area (TPSA) is 15.3 Å². The summed E-state index contributed by atoms with van der Waals surface area (Å²) in [5.74, 6) is 0. The maximum Gasteiger partial charge on any atom is 0.00504 e. The van der Waals surface area contributed by atoms with E-state index in [0.717, 1.165) is 6.54 Å². The largest absolute Gasteiger partial charge is 0.316 e. The van der Waals surface area contributed by atoms with Crippen molar-refractivity contribution in [1.82, 2.24) is 10.2 Å². The van der Waals surface area contributed by atoms with Crippen molar-refractivity contribution in [3.05, 3.63) is 0 Å². The summed E-state index contributed by atoms with van der Waals surface area (Å²) in [4.78, 5) is 2.77. The monoisotopic (exact) mass is 266 g/mol. The first-order valence-corrected chi connectivity index (χ1v) is 8.48. The Morgan fingerprint density at radius 2 is 1.74 bits per heavy atom. The van der Waals surface area contributed by atoms with Crippen molar-refractivity contribution in [3.63, 3.8) is 0 Å². The number of likely N-dealkylation sites (tertiary alicyclic amines) is 1. The smallest absolute Gasteiger partial charge is 0.00504 e. The molecule has 0 spiro atoms. The quantitative estimate of drug-likeness (QED) is 0.817. The maximum absolute atomic E-state index is 3.64. The first kappa shape index (κ1) is 15.3. The molecule has 0 radical (unpaired) electrons. The van der Waals surface area contributed by atoms with Gasteiger partial charge in [0.1, 0.15) is 0 Å². The predicted octanol–water partition coefficient (Wildman–Crippen LogP) is 3.67. The summed E-state index contributed by atoms with van der Waals surface area (Å²) in [7, 11) is 0. The van der Waals surface area contributed by atoms with Crippen LogP contribution < -0.4 is 5.32 Å². The van der Waals surface area contributed by atoms with Crippen molar-refractivity contribution in [3.8, 4) is 0 Å². The third-order valence-electron chi connectivity index (χ3n) is 5.20. The SMILES string of the molecule is CCNCC1(CN2CCCC(C)(C)C2)CCCCC1. The van der Waals surface area contributed by atoms with E-state index < -0.39 is 0 Å². The van der Waals surface area contributed by atoms with Crippen molar-refractivity contribution in [2.45, 2.75) is 65.7 Å². The summed E-state index contributed by atoms with van der Waals surface area (Å²) in [6.07, 6.45) is 10.0. The molecule has 0 aromatic carbocycles. The average molecular weight is 266 g/mol. The Labute approximate surface area is 120 Å². The Kier molecular flexibility index (Phi) is 5.30. The van der Waals surface area contributed by atoms with Crippen LogP contribution in [0.25, 0.3) is 0 Å². The highest BCUT2D eigenvalue weighted by molar-refractivity contribution is 4.90. The molecule has 1 aliphatic heterocycles. The maximum atomic E-state index is 3.64. The van der Waals surface area contributed by atoms with Crippen LogP contribution in [0.3, 0.4) is 0 Å². The number of hydrogen-bond donors (Lipinski definition) is 1. The van der Waals surface area contributed by atoms with Gasteiger partial charge in [0.25, 0.3) is 0 Å². The Bertz CT molecular complexity index is 266. The fraction of sp³-hybridized carbons (Fsp3) is 1.00. The number of hydrogen-bond acceptors (Lipinski definition) is 2. The van der Waals surface area contributed by atoms with E-state index in [4.69, 9.17) is 0 Å². The van der Waals surface area contributed by atoms with Gasteiger partial charge in [0, 0.05) is 19.6 Å². The van der Waals surface area contributed by atoms with Gasteiger partial charge in [-0.15, -0.1) is 0 Å². The van der Waals surface area contributed by atoms with E-state index in [1.165, 1.54) is 71.1 Å². The summed E-state index contributed by atoms with van der Waals surface area (Å²) < 4.78 is 0. The fourth-order valence-electron chi connectivity index (χ4n) is 4.24. The zero-order valence-corrected chi connectivity index (χ0v) is 13.4. The molecule has 0 bridgehead atoms. The van der Waals surface area contributed by atoms with Crippen LogP contribution >= 0.6 is 0 Å². The molecule has 2 nitrogen and oxygen atoms in total. The van der Waals surface area contributed by atoms with Gasteiger partial charge >= 0.3 is 0 Å². The van der Waals surface area contributed by atoms with E-state index in [2.05, 4.69) is 31.0 Å². The van der Waals surface area contributed by atoms with Crippen LogP contribution in [0, 0.1) is 10.8 Å². The van der Waals surface area contributed by atoms with Crippen molar-refractivity contribution in [1.29, 1.82) is 0 Å². The molecule has 0 aromatic heterocycles. The number of nitrogens with one attached hydrogen (secondary N) is 1. The van der Waals surface area contributed by atoms with E-state index in [1.807, 2.05) is 0 Å². The second-order valence-corrected chi connectivity index (χ2v) is 7.82. The molecule has 0 unspecified atom stereocenters. The standard InChI is InChI=1S/C17H34N2/c1-4-18-13-17(10-6-5-7-11-17)15-19-12-8-9-16(2,3)14-19/h18H,4-15H2,1-3H3. The highest BCUT2D eigenvalue weighted by atomic mass is 15.1. The molecule has 2 aliphatic rings. The highest BCUT2D eigenvalue weighted by Gasteiger charge is 2.36. The minimum atomic E-state index is 0.534. The van der Waals surface area contributed by atoms with Gasteiger partial charge in [0.15, 0.2) is 0 Å². The Balaban J connectivity index is 1.94. The molecule has 2 fully saturated rings. The highest BCUT2D eigenvalue weighted by Crippen LogP contribution is 2.38. The van der Waals surface area contributed by atoms with E-state index in [-0.39, 0.29) is 0 Å². The first-order chi connectivity index (χ1) is 9.05. The zero-order chi connectivity index (χ0) is 13.8. The number of rotatable bonds is 5. The van der Waals surface area contributed by atoms with Gasteiger partial charge in [0.2, 0.25) is 0 Å². The molecule has 2 rings (SSSR count). The lowest BCUT2D eigenvalue weighted by atomic mass is 9.72. The van der Waals surface area contributed by atoms with Crippen LogP contribution in [0.5, 0.6) is 0 Å². The van der Waals surface area contributed by atoms with Crippen molar-refractivity contribution >= 4 is 0 Å². The third-order valence-corrected chi connectivity index (χ3v) is 5.20. The van der Waals surface area contributed by atoms with Crippen LogP contribution in [0.1, 0.15) is 65.7 Å². The minimum Gasteiger partial charge on any atom is -0.316 e.